The van der Waals surface area contributed by atoms with E-state index in [0.717, 1.165) is 29.4 Å². The fraction of sp³-hybridized carbons (Fsp3) is 0.417. The summed E-state index contributed by atoms with van der Waals surface area (Å²) in [5.41, 5.74) is 1.24. The summed E-state index contributed by atoms with van der Waals surface area (Å²) in [5, 5.41) is 0. The number of rotatable bonds is 6. The number of imidazole rings is 1. The summed E-state index contributed by atoms with van der Waals surface area (Å²) in [6.07, 6.45) is 0. The Balaban J connectivity index is 0.00000220. The number of fused-ring (bicyclic) bond motifs is 1. The average molecular weight is 337 g/mol. The molecule has 0 aliphatic rings. The Hall–Kier alpha value is -0.0900. The fourth-order valence-corrected chi connectivity index (χ4v) is 3.14. The van der Waals surface area contributed by atoms with Crippen LogP contribution in [0, 0.1) is 0 Å². The molecule has 0 fully saturated rings. The Morgan fingerprint density at radius 2 is 2.10 bits per heavy atom. The molecule has 0 bridgehead atoms. The number of aromatic amines is 1. The molecule has 1 aromatic heterocycles. The van der Waals surface area contributed by atoms with Crippen molar-refractivity contribution < 1.29 is 42.5 Å². The SMILES string of the molecule is CN(C)CCSCc1nc2cc(S(=O)(=O)[O-])ccc2[nH]1.[Na+]. The number of hydrogen-bond donors (Lipinski definition) is 1. The number of benzene rings is 1. The minimum Gasteiger partial charge on any atom is -0.744 e. The molecule has 6 nitrogen and oxygen atoms in total. The van der Waals surface area contributed by atoms with Gasteiger partial charge in [0, 0.05) is 12.3 Å². The normalized spacial score (nSPS) is 11.8. The second kappa shape index (κ2) is 7.96. The molecule has 1 N–H and O–H groups in total. The maximum absolute atomic E-state index is 11.0. The van der Waals surface area contributed by atoms with Gasteiger partial charge in [0.05, 0.1) is 21.7 Å². The Morgan fingerprint density at radius 3 is 2.71 bits per heavy atom. The fourth-order valence-electron chi connectivity index (χ4n) is 1.68. The van der Waals surface area contributed by atoms with E-state index in [1.54, 1.807) is 17.8 Å². The topological polar surface area (TPSA) is 89.1 Å². The van der Waals surface area contributed by atoms with Gasteiger partial charge >= 0.3 is 29.6 Å². The first-order valence-electron chi connectivity index (χ1n) is 6.03. The predicted octanol–water partition coefficient (Wildman–Crippen LogP) is -1.73. The quantitative estimate of drug-likeness (QED) is 0.383. The standard InChI is InChI=1S/C12H17N3O3S2.Na/c1-15(2)5-6-19-8-12-13-10-4-3-9(20(16,17)18)7-11(10)14-12;/h3-4,7H,5-6,8H2,1-2H3,(H,13,14)(H,16,17,18);/q;+1/p-1. The van der Waals surface area contributed by atoms with Crippen LogP contribution in [0.5, 0.6) is 0 Å². The molecule has 0 radical (unpaired) electrons. The van der Waals surface area contributed by atoms with Gasteiger partial charge in [-0.05, 0) is 32.3 Å². The summed E-state index contributed by atoms with van der Waals surface area (Å²) in [4.78, 5) is 9.29. The number of H-pyrrole nitrogens is 1. The van der Waals surface area contributed by atoms with Crippen molar-refractivity contribution in [2.75, 3.05) is 26.4 Å². The van der Waals surface area contributed by atoms with Crippen LogP contribution >= 0.6 is 11.8 Å². The van der Waals surface area contributed by atoms with E-state index in [4.69, 9.17) is 0 Å². The molecule has 0 aliphatic heterocycles. The van der Waals surface area contributed by atoms with Gasteiger partial charge in [0.15, 0.2) is 0 Å². The molecule has 0 saturated heterocycles. The molecule has 9 heteroatoms. The third-order valence-corrected chi connectivity index (χ3v) is 4.49. The van der Waals surface area contributed by atoms with Gasteiger partial charge in [-0.1, -0.05) is 0 Å². The maximum Gasteiger partial charge on any atom is 1.00 e. The average Bonchev–Trinajstić information content (AvgIpc) is 2.74. The van der Waals surface area contributed by atoms with Crippen molar-refractivity contribution in [2.45, 2.75) is 10.6 Å². The molecule has 1 aromatic carbocycles. The van der Waals surface area contributed by atoms with Crippen LogP contribution in [0.4, 0.5) is 0 Å². The summed E-state index contributed by atoms with van der Waals surface area (Å²) >= 11 is 1.74. The van der Waals surface area contributed by atoms with Gasteiger partial charge in [-0.15, -0.1) is 0 Å². The van der Waals surface area contributed by atoms with Crippen LogP contribution in [0.25, 0.3) is 11.0 Å². The monoisotopic (exact) mass is 337 g/mol. The summed E-state index contributed by atoms with van der Waals surface area (Å²) in [6, 6.07) is 4.18. The van der Waals surface area contributed by atoms with Gasteiger partial charge < -0.3 is 14.4 Å². The van der Waals surface area contributed by atoms with Crippen molar-refractivity contribution in [1.82, 2.24) is 14.9 Å². The van der Waals surface area contributed by atoms with E-state index >= 15 is 0 Å². The predicted molar refractivity (Wildman–Crippen MR) is 78.8 cm³/mol. The molecule has 2 rings (SSSR count). The van der Waals surface area contributed by atoms with E-state index in [2.05, 4.69) is 14.9 Å². The van der Waals surface area contributed by atoms with Crippen LogP contribution in [0.1, 0.15) is 5.82 Å². The largest absolute Gasteiger partial charge is 1.00 e. The number of nitrogens with one attached hydrogen (secondary N) is 1. The number of thioether (sulfide) groups is 1. The summed E-state index contributed by atoms with van der Waals surface area (Å²) in [6.45, 7) is 0.990. The number of nitrogens with zero attached hydrogens (tertiary/aromatic N) is 2. The van der Waals surface area contributed by atoms with E-state index < -0.39 is 10.1 Å². The van der Waals surface area contributed by atoms with Crippen molar-refractivity contribution in [2.24, 2.45) is 0 Å². The van der Waals surface area contributed by atoms with E-state index in [0.29, 0.717) is 5.52 Å². The summed E-state index contributed by atoms with van der Waals surface area (Å²) in [5.74, 6) is 2.50. The van der Waals surface area contributed by atoms with Crippen molar-refractivity contribution >= 4 is 32.9 Å². The van der Waals surface area contributed by atoms with Crippen LogP contribution in [0.2, 0.25) is 0 Å². The molecule has 0 aliphatic carbocycles. The smallest absolute Gasteiger partial charge is 0.744 e. The maximum atomic E-state index is 11.0. The third-order valence-electron chi connectivity index (χ3n) is 2.71. The molecular weight excluding hydrogens is 321 g/mol. The second-order valence-electron chi connectivity index (χ2n) is 4.67. The zero-order valence-corrected chi connectivity index (χ0v) is 15.9. The second-order valence-corrected chi connectivity index (χ2v) is 7.16. The molecule has 0 unspecified atom stereocenters. The molecule has 2 aromatic rings. The molecule has 1 heterocycles. The zero-order valence-electron chi connectivity index (χ0n) is 12.3. The van der Waals surface area contributed by atoms with Crippen molar-refractivity contribution in [3.05, 3.63) is 24.0 Å². The zero-order chi connectivity index (χ0) is 14.8. The van der Waals surface area contributed by atoms with Gasteiger partial charge in [-0.2, -0.15) is 11.8 Å². The van der Waals surface area contributed by atoms with Gasteiger partial charge in [0.1, 0.15) is 15.9 Å². The molecule has 0 atom stereocenters. The van der Waals surface area contributed by atoms with Gasteiger partial charge in [-0.3, -0.25) is 0 Å². The van der Waals surface area contributed by atoms with E-state index in [9.17, 15) is 13.0 Å². The molecule has 0 amide bonds. The molecule has 0 spiro atoms. The van der Waals surface area contributed by atoms with Gasteiger partial charge in [0.2, 0.25) is 0 Å². The van der Waals surface area contributed by atoms with Gasteiger partial charge in [0.25, 0.3) is 0 Å². The van der Waals surface area contributed by atoms with Crippen LogP contribution in [-0.2, 0) is 15.9 Å². The first-order valence-corrected chi connectivity index (χ1v) is 8.59. The number of hydrogen-bond acceptors (Lipinski definition) is 6. The number of aromatic nitrogens is 2. The van der Waals surface area contributed by atoms with E-state index in [1.807, 2.05) is 14.1 Å². The van der Waals surface area contributed by atoms with Crippen molar-refractivity contribution in [1.29, 1.82) is 0 Å². The third kappa shape index (κ3) is 5.55. The Morgan fingerprint density at radius 1 is 1.38 bits per heavy atom. The Bertz CT molecular complexity index is 701. The summed E-state index contributed by atoms with van der Waals surface area (Å²) in [7, 11) is -0.389. The Labute approximate surface area is 150 Å². The Kier molecular flexibility index (Phi) is 7.18. The minimum atomic E-state index is -4.43. The van der Waals surface area contributed by atoms with Crippen LogP contribution in [-0.4, -0.2) is 54.2 Å². The molecule has 0 saturated carbocycles. The van der Waals surface area contributed by atoms with Crippen LogP contribution in [0.15, 0.2) is 23.1 Å². The first kappa shape index (κ1) is 19.0. The summed E-state index contributed by atoms with van der Waals surface area (Å²) < 4.78 is 32.9. The molecule has 110 valence electrons. The van der Waals surface area contributed by atoms with E-state index in [1.165, 1.54) is 12.1 Å². The van der Waals surface area contributed by atoms with Crippen molar-refractivity contribution in [3.63, 3.8) is 0 Å². The van der Waals surface area contributed by atoms with Crippen molar-refractivity contribution in [3.8, 4) is 0 Å². The molecule has 21 heavy (non-hydrogen) atoms. The van der Waals surface area contributed by atoms with Crippen LogP contribution in [0.3, 0.4) is 0 Å². The van der Waals surface area contributed by atoms with E-state index in [-0.39, 0.29) is 34.5 Å². The first-order chi connectivity index (χ1) is 9.36. The van der Waals surface area contributed by atoms with Gasteiger partial charge in [-0.25, -0.2) is 13.4 Å². The molecular formula is C12H16N3NaO3S2. The van der Waals surface area contributed by atoms with Crippen LogP contribution < -0.4 is 29.6 Å². The minimum absolute atomic E-state index is 0.